The largest absolute Gasteiger partial charge is 0.543 e. The van der Waals surface area contributed by atoms with Crippen LogP contribution in [0.1, 0.15) is 6.92 Å². The maximum Gasteiger partial charge on any atom is 0.543 e. The second-order valence-electron chi connectivity index (χ2n) is 1.80. The molecule has 0 radical (unpaired) electrons. The van der Waals surface area contributed by atoms with Gasteiger partial charge in [-0.25, -0.2) is 0 Å². The van der Waals surface area contributed by atoms with E-state index in [2.05, 4.69) is 4.42 Å². The van der Waals surface area contributed by atoms with Crippen molar-refractivity contribution in [1.82, 2.24) is 0 Å². The lowest BCUT2D eigenvalue weighted by atomic mass is 9.86. The Morgan fingerprint density at radius 2 is 2.27 bits per heavy atom. The maximum absolute atomic E-state index is 10.4. The number of aldehydes is 1. The van der Waals surface area contributed by atoms with Crippen LogP contribution in [0.5, 0.6) is 0 Å². The number of carbonyl (C=O) groups is 1. The number of rotatable bonds is 4. The van der Waals surface area contributed by atoms with Crippen molar-refractivity contribution < 1.29 is 19.3 Å². The molecule has 0 aromatic heterocycles. The maximum atomic E-state index is 10.4. The van der Waals surface area contributed by atoms with Gasteiger partial charge in [-0.3, -0.25) is 9.22 Å². The highest BCUT2D eigenvalue weighted by molar-refractivity contribution is 6.89. The van der Waals surface area contributed by atoms with Crippen LogP contribution in [0.15, 0.2) is 12.2 Å². The van der Waals surface area contributed by atoms with Gasteiger partial charge >= 0.3 is 13.4 Å². The lowest BCUT2D eigenvalue weighted by Crippen LogP contribution is -2.26. The van der Waals surface area contributed by atoms with Gasteiger partial charge in [0.15, 0.2) is 0 Å². The molecule has 2 N–H and O–H groups in total. The third-order valence-corrected chi connectivity index (χ3v) is 0.882. The molecule has 0 aliphatic heterocycles. The highest BCUT2D eigenvalue weighted by atomic mass is 16.4. The van der Waals surface area contributed by atoms with Gasteiger partial charge in [0.05, 0.1) is 0 Å². The van der Waals surface area contributed by atoms with Crippen molar-refractivity contribution in [3.8, 4) is 0 Å². The molecule has 0 unspecified atom stereocenters. The van der Waals surface area contributed by atoms with Crippen LogP contribution in [0, 0.1) is 0 Å². The molecule has 0 heterocycles. The average molecular weight is 157 g/mol. The fourth-order valence-corrected chi connectivity index (χ4v) is 0.343. The fraction of sp³-hybridized carbons (Fsp3) is 0.333. The van der Waals surface area contributed by atoms with Crippen LogP contribution >= 0.6 is 0 Å². The van der Waals surface area contributed by atoms with Crippen molar-refractivity contribution in [2.45, 2.75) is 6.92 Å². The lowest BCUT2D eigenvalue weighted by Gasteiger charge is -1.80. The summed E-state index contributed by atoms with van der Waals surface area (Å²) in [6.07, 6.45) is 4.23. The Morgan fingerprint density at radius 3 is 2.73 bits per heavy atom. The molecule has 0 bridgehead atoms. The van der Waals surface area contributed by atoms with Crippen molar-refractivity contribution in [2.75, 3.05) is 6.61 Å². The van der Waals surface area contributed by atoms with E-state index in [0.29, 0.717) is 0 Å². The number of carbonyl (C=O) groups excluding carboxylic acids is 2. The van der Waals surface area contributed by atoms with Gasteiger partial charge in [0.2, 0.25) is 0 Å². The van der Waals surface area contributed by atoms with Crippen molar-refractivity contribution in [1.29, 1.82) is 0 Å². The minimum atomic E-state index is -1.97. The van der Waals surface area contributed by atoms with Crippen LogP contribution in [-0.4, -0.2) is 35.7 Å². The Balaban J connectivity index is 3.66. The molecule has 0 fully saturated rings. The van der Waals surface area contributed by atoms with Crippen molar-refractivity contribution in [2.24, 2.45) is 0 Å². The molecule has 5 heteroatoms. The number of allylic oxidation sites excluding steroid dienone is 1. The molecule has 0 atom stereocenters. The molecule has 0 spiro atoms. The first-order valence-electron chi connectivity index (χ1n) is 3.14. The molecule has 0 aliphatic rings. The molecular weight excluding hydrogens is 147 g/mol. The van der Waals surface area contributed by atoms with E-state index in [1.165, 1.54) is 0 Å². The lowest BCUT2D eigenvalue weighted by molar-refractivity contribution is -0.437. The quantitative estimate of drug-likeness (QED) is 0.178. The summed E-state index contributed by atoms with van der Waals surface area (Å²) in [5.41, 5.74) is -0.852. The minimum Gasteiger partial charge on any atom is -0.421 e. The molecule has 0 amide bonds. The van der Waals surface area contributed by atoms with Crippen molar-refractivity contribution in [3.05, 3.63) is 12.2 Å². The normalized spacial score (nSPS) is 11.2. The molecule has 0 aromatic rings. The van der Waals surface area contributed by atoms with E-state index in [4.69, 9.17) is 10.0 Å². The summed E-state index contributed by atoms with van der Waals surface area (Å²) in [7, 11) is -1.97. The molecular formula is C6H10BO4+. The highest BCUT2D eigenvalue weighted by Crippen LogP contribution is 1.71. The summed E-state index contributed by atoms with van der Waals surface area (Å²) in [5.74, 6) is 0. The zero-order valence-corrected chi connectivity index (χ0v) is 6.23. The van der Waals surface area contributed by atoms with Crippen molar-refractivity contribution >= 4 is 19.1 Å². The van der Waals surface area contributed by atoms with E-state index < -0.39 is 12.8 Å². The minimum absolute atomic E-state index is 0.259. The predicted octanol–water partition coefficient (Wildman–Crippen LogP) is -1.12. The van der Waals surface area contributed by atoms with E-state index in [0.717, 1.165) is 6.29 Å². The van der Waals surface area contributed by atoms with Gasteiger partial charge in [-0.05, 0) is 6.92 Å². The Hall–Kier alpha value is -0.935. The topological polar surface area (TPSA) is 68.8 Å². The Labute approximate surface area is 65.0 Å². The summed E-state index contributed by atoms with van der Waals surface area (Å²) in [6.45, 7) is 2.07. The summed E-state index contributed by atoms with van der Waals surface area (Å²) < 4.78 is 4.62. The van der Waals surface area contributed by atoms with E-state index in [1.54, 1.807) is 12.2 Å². The first kappa shape index (κ1) is 10.1. The third-order valence-electron chi connectivity index (χ3n) is 0.882. The SMILES string of the molecule is C/C=C/C[O+]=CC(=O)B(O)O. The second-order valence-corrected chi connectivity index (χ2v) is 1.80. The van der Waals surface area contributed by atoms with Gasteiger partial charge in [0.25, 0.3) is 12.3 Å². The van der Waals surface area contributed by atoms with Crippen LogP contribution in [0.2, 0.25) is 0 Å². The first-order valence-corrected chi connectivity index (χ1v) is 3.14. The van der Waals surface area contributed by atoms with Gasteiger partial charge in [0.1, 0.15) is 0 Å². The van der Waals surface area contributed by atoms with Crippen LogP contribution in [0.3, 0.4) is 0 Å². The van der Waals surface area contributed by atoms with Crippen LogP contribution in [-0.2, 0) is 9.22 Å². The zero-order chi connectivity index (χ0) is 8.69. The number of hydrogen-bond acceptors (Lipinski definition) is 3. The highest BCUT2D eigenvalue weighted by Gasteiger charge is 2.21. The Bertz CT molecular complexity index is 173. The van der Waals surface area contributed by atoms with Crippen LogP contribution < -0.4 is 0 Å². The molecule has 0 saturated heterocycles. The van der Waals surface area contributed by atoms with E-state index >= 15 is 0 Å². The van der Waals surface area contributed by atoms with Gasteiger partial charge in [0, 0.05) is 6.08 Å². The molecule has 0 aromatic carbocycles. The Kier molecular flexibility index (Phi) is 5.33. The first-order chi connectivity index (χ1) is 5.18. The van der Waals surface area contributed by atoms with E-state index in [9.17, 15) is 4.79 Å². The summed E-state index contributed by atoms with van der Waals surface area (Å²) in [5, 5.41) is 16.5. The standard InChI is InChI=1S/C6H10BO4/c1-2-3-4-11-5-6(8)7(9)10/h2-3,5,9-10H,4H2,1H3/q+1/b3-2+. The molecule has 11 heavy (non-hydrogen) atoms. The number of hydrogen-bond donors (Lipinski definition) is 2. The van der Waals surface area contributed by atoms with Crippen LogP contribution in [0.25, 0.3) is 0 Å². The Morgan fingerprint density at radius 1 is 1.64 bits per heavy atom. The third kappa shape index (κ3) is 5.51. The summed E-state index contributed by atoms with van der Waals surface area (Å²) >= 11 is 0. The molecule has 4 nitrogen and oxygen atoms in total. The van der Waals surface area contributed by atoms with Gasteiger partial charge in [-0.2, -0.15) is 0 Å². The van der Waals surface area contributed by atoms with Crippen molar-refractivity contribution in [3.63, 3.8) is 0 Å². The fourth-order valence-electron chi connectivity index (χ4n) is 0.343. The molecule has 0 rings (SSSR count). The van der Waals surface area contributed by atoms with Gasteiger partial charge < -0.3 is 10.0 Å². The molecule has 60 valence electrons. The van der Waals surface area contributed by atoms with Crippen LogP contribution in [0.4, 0.5) is 0 Å². The average Bonchev–Trinajstić information content (AvgIpc) is 1.97. The molecule has 0 aliphatic carbocycles. The van der Waals surface area contributed by atoms with E-state index in [-0.39, 0.29) is 6.61 Å². The van der Waals surface area contributed by atoms with Gasteiger partial charge in [-0.1, -0.05) is 6.08 Å². The summed E-state index contributed by atoms with van der Waals surface area (Å²) in [4.78, 5) is 10.4. The zero-order valence-electron chi connectivity index (χ0n) is 6.23. The van der Waals surface area contributed by atoms with Gasteiger partial charge in [-0.15, -0.1) is 0 Å². The monoisotopic (exact) mass is 157 g/mol. The predicted molar refractivity (Wildman–Crippen MR) is 40.9 cm³/mol. The van der Waals surface area contributed by atoms with E-state index in [1.807, 2.05) is 6.92 Å². The summed E-state index contributed by atoms with van der Waals surface area (Å²) in [6, 6.07) is 0. The smallest absolute Gasteiger partial charge is 0.421 e. The molecule has 0 saturated carbocycles. The second kappa shape index (κ2) is 5.82.